The number of thiazole rings is 1. The summed E-state index contributed by atoms with van der Waals surface area (Å²) in [6, 6.07) is 0.322. The van der Waals surface area contributed by atoms with Gasteiger partial charge in [-0.05, 0) is 32.2 Å². The lowest BCUT2D eigenvalue weighted by Gasteiger charge is -2.34. The van der Waals surface area contributed by atoms with Gasteiger partial charge in [-0.25, -0.2) is 4.98 Å². The van der Waals surface area contributed by atoms with E-state index < -0.39 is 0 Å². The molecule has 0 aromatic carbocycles. The van der Waals surface area contributed by atoms with Gasteiger partial charge in [0, 0.05) is 24.5 Å². The standard InChI is InChI=1S/C11H19N3S.ClH/c1-9(12)10-3-2-4-14(5-10)6-11-7-15-8-13-11;/h7-10H,2-6,12H2,1H3;1H. The van der Waals surface area contributed by atoms with E-state index in [1.54, 1.807) is 11.3 Å². The summed E-state index contributed by atoms with van der Waals surface area (Å²) in [6.45, 7) is 5.44. The van der Waals surface area contributed by atoms with E-state index in [2.05, 4.69) is 22.2 Å². The van der Waals surface area contributed by atoms with Gasteiger partial charge in [0.2, 0.25) is 0 Å². The SMILES string of the molecule is CC(N)C1CCCN(Cc2cscn2)C1.Cl. The van der Waals surface area contributed by atoms with Crippen LogP contribution in [0.25, 0.3) is 0 Å². The monoisotopic (exact) mass is 261 g/mol. The van der Waals surface area contributed by atoms with Crippen molar-refractivity contribution in [2.75, 3.05) is 13.1 Å². The molecule has 92 valence electrons. The summed E-state index contributed by atoms with van der Waals surface area (Å²) in [7, 11) is 0. The van der Waals surface area contributed by atoms with Crippen LogP contribution in [0.4, 0.5) is 0 Å². The first-order valence-electron chi connectivity index (χ1n) is 5.60. The van der Waals surface area contributed by atoms with Crippen molar-refractivity contribution in [3.63, 3.8) is 0 Å². The predicted octanol–water partition coefficient (Wildman–Crippen LogP) is 2.12. The Kier molecular flexibility index (Phi) is 5.69. The number of piperidine rings is 1. The lowest BCUT2D eigenvalue weighted by atomic mass is 9.92. The third kappa shape index (κ3) is 3.70. The molecule has 5 heteroatoms. The zero-order chi connectivity index (χ0) is 10.7. The molecule has 1 aliphatic rings. The van der Waals surface area contributed by atoms with Crippen LogP contribution in [0.1, 0.15) is 25.5 Å². The number of hydrogen-bond donors (Lipinski definition) is 1. The van der Waals surface area contributed by atoms with Crippen LogP contribution in [0.3, 0.4) is 0 Å². The maximum atomic E-state index is 5.96. The molecule has 0 radical (unpaired) electrons. The second-order valence-electron chi connectivity index (χ2n) is 4.48. The minimum absolute atomic E-state index is 0. The van der Waals surface area contributed by atoms with Crippen LogP contribution >= 0.6 is 23.7 Å². The van der Waals surface area contributed by atoms with Gasteiger partial charge in [-0.3, -0.25) is 4.90 Å². The van der Waals surface area contributed by atoms with Gasteiger partial charge in [0.25, 0.3) is 0 Å². The summed E-state index contributed by atoms with van der Waals surface area (Å²) < 4.78 is 0. The first-order chi connectivity index (χ1) is 7.25. The molecule has 0 aliphatic carbocycles. The van der Waals surface area contributed by atoms with Crippen LogP contribution in [0.5, 0.6) is 0 Å². The van der Waals surface area contributed by atoms with E-state index >= 15 is 0 Å². The number of rotatable bonds is 3. The van der Waals surface area contributed by atoms with E-state index in [9.17, 15) is 0 Å². The average molecular weight is 262 g/mol. The molecular weight excluding hydrogens is 242 g/mol. The molecule has 1 saturated heterocycles. The quantitative estimate of drug-likeness (QED) is 0.906. The minimum Gasteiger partial charge on any atom is -0.328 e. The number of hydrogen-bond acceptors (Lipinski definition) is 4. The highest BCUT2D eigenvalue weighted by atomic mass is 35.5. The molecule has 3 nitrogen and oxygen atoms in total. The van der Waals surface area contributed by atoms with E-state index in [1.165, 1.54) is 25.1 Å². The van der Waals surface area contributed by atoms with Gasteiger partial charge in [0.15, 0.2) is 0 Å². The summed E-state index contributed by atoms with van der Waals surface area (Å²) >= 11 is 1.67. The predicted molar refractivity (Wildman–Crippen MR) is 71.0 cm³/mol. The molecular formula is C11H20ClN3S. The molecule has 0 amide bonds. The van der Waals surface area contributed by atoms with Crippen molar-refractivity contribution >= 4 is 23.7 Å². The largest absolute Gasteiger partial charge is 0.328 e. The highest BCUT2D eigenvalue weighted by Crippen LogP contribution is 2.20. The summed E-state index contributed by atoms with van der Waals surface area (Å²) in [5, 5.41) is 2.13. The first-order valence-corrected chi connectivity index (χ1v) is 6.55. The summed E-state index contributed by atoms with van der Waals surface area (Å²) in [5.74, 6) is 0.664. The van der Waals surface area contributed by atoms with E-state index in [0.29, 0.717) is 12.0 Å². The van der Waals surface area contributed by atoms with Crippen LogP contribution in [0, 0.1) is 5.92 Å². The maximum absolute atomic E-state index is 5.96. The smallest absolute Gasteiger partial charge is 0.0795 e. The van der Waals surface area contributed by atoms with Crippen LogP contribution in [0.15, 0.2) is 10.9 Å². The molecule has 1 fully saturated rings. The molecule has 2 atom stereocenters. The Labute approximate surface area is 107 Å². The second-order valence-corrected chi connectivity index (χ2v) is 5.20. The molecule has 2 rings (SSSR count). The highest BCUT2D eigenvalue weighted by Gasteiger charge is 2.22. The molecule has 1 aromatic rings. The Bertz CT molecular complexity index is 289. The number of likely N-dealkylation sites (tertiary alicyclic amines) is 1. The molecule has 16 heavy (non-hydrogen) atoms. The molecule has 1 aromatic heterocycles. The summed E-state index contributed by atoms with van der Waals surface area (Å²) in [4.78, 5) is 6.80. The molecule has 2 N–H and O–H groups in total. The van der Waals surface area contributed by atoms with Gasteiger partial charge in [0.1, 0.15) is 0 Å². The van der Waals surface area contributed by atoms with Crippen molar-refractivity contribution in [1.29, 1.82) is 0 Å². The zero-order valence-corrected chi connectivity index (χ0v) is 11.3. The molecule has 2 heterocycles. The third-order valence-corrected chi connectivity index (χ3v) is 3.79. The molecule has 0 bridgehead atoms. The van der Waals surface area contributed by atoms with Crippen molar-refractivity contribution in [3.05, 3.63) is 16.6 Å². The van der Waals surface area contributed by atoms with Crippen molar-refractivity contribution in [1.82, 2.24) is 9.88 Å². The van der Waals surface area contributed by atoms with Gasteiger partial charge >= 0.3 is 0 Å². The molecule has 1 aliphatic heterocycles. The van der Waals surface area contributed by atoms with Crippen molar-refractivity contribution < 1.29 is 0 Å². The molecule has 2 unspecified atom stereocenters. The number of halogens is 1. The zero-order valence-electron chi connectivity index (χ0n) is 9.63. The highest BCUT2D eigenvalue weighted by molar-refractivity contribution is 7.07. The Morgan fingerprint density at radius 2 is 2.50 bits per heavy atom. The van der Waals surface area contributed by atoms with Crippen molar-refractivity contribution in [2.24, 2.45) is 11.7 Å². The van der Waals surface area contributed by atoms with E-state index in [-0.39, 0.29) is 12.4 Å². The van der Waals surface area contributed by atoms with Gasteiger partial charge in [0.05, 0.1) is 11.2 Å². The topological polar surface area (TPSA) is 42.1 Å². The van der Waals surface area contributed by atoms with Crippen LogP contribution in [-0.2, 0) is 6.54 Å². The molecule has 0 saturated carbocycles. The Balaban J connectivity index is 0.00000128. The van der Waals surface area contributed by atoms with Gasteiger partial charge in [-0.15, -0.1) is 23.7 Å². The van der Waals surface area contributed by atoms with Gasteiger partial charge in [-0.1, -0.05) is 0 Å². The first kappa shape index (κ1) is 13.9. The van der Waals surface area contributed by atoms with Crippen LogP contribution in [-0.4, -0.2) is 29.0 Å². The van der Waals surface area contributed by atoms with E-state index in [4.69, 9.17) is 5.73 Å². The average Bonchev–Trinajstić information content (AvgIpc) is 2.71. The fourth-order valence-electron chi connectivity index (χ4n) is 2.21. The fraction of sp³-hybridized carbons (Fsp3) is 0.727. The number of nitrogens with zero attached hydrogens (tertiary/aromatic N) is 2. The minimum atomic E-state index is 0. The van der Waals surface area contributed by atoms with Crippen molar-refractivity contribution in [3.8, 4) is 0 Å². The van der Waals surface area contributed by atoms with Gasteiger partial charge in [-0.2, -0.15) is 0 Å². The van der Waals surface area contributed by atoms with Crippen LogP contribution < -0.4 is 5.73 Å². The lowest BCUT2D eigenvalue weighted by Crippen LogP contribution is -2.41. The van der Waals surface area contributed by atoms with Crippen molar-refractivity contribution in [2.45, 2.75) is 32.4 Å². The number of nitrogens with two attached hydrogens (primary N) is 1. The van der Waals surface area contributed by atoms with Crippen LogP contribution in [0.2, 0.25) is 0 Å². The van der Waals surface area contributed by atoms with E-state index in [0.717, 1.165) is 13.1 Å². The Morgan fingerprint density at radius 1 is 1.69 bits per heavy atom. The lowest BCUT2D eigenvalue weighted by molar-refractivity contribution is 0.153. The van der Waals surface area contributed by atoms with Gasteiger partial charge < -0.3 is 5.73 Å². The maximum Gasteiger partial charge on any atom is 0.0795 e. The summed E-state index contributed by atoms with van der Waals surface area (Å²) in [5.41, 5.74) is 9.07. The Morgan fingerprint density at radius 3 is 3.12 bits per heavy atom. The third-order valence-electron chi connectivity index (χ3n) is 3.15. The van der Waals surface area contributed by atoms with E-state index in [1.807, 2.05) is 5.51 Å². The number of aromatic nitrogens is 1. The normalized spacial score (nSPS) is 23.8. The Hall–Kier alpha value is -0.160. The second kappa shape index (κ2) is 6.55. The fourth-order valence-corrected chi connectivity index (χ4v) is 2.76. The summed E-state index contributed by atoms with van der Waals surface area (Å²) in [6.07, 6.45) is 2.56. The molecule has 0 spiro atoms.